The van der Waals surface area contributed by atoms with Crippen molar-refractivity contribution in [2.75, 3.05) is 6.61 Å². The summed E-state index contributed by atoms with van der Waals surface area (Å²) in [6, 6.07) is 0. The SMILES string of the molecule is CC(=O)[C@H]1[C@H](CC(O)COC(=O)C2CC(C)(C)N([O])C2(C)C)C[C@H]2[C@@H]3CCC4=CC(=O)CC[C@]4(C)[C@H]3CC[C@@]21C. The minimum absolute atomic E-state index is 0.0524. The van der Waals surface area contributed by atoms with E-state index in [4.69, 9.17) is 4.74 Å². The Hall–Kier alpha value is -1.57. The summed E-state index contributed by atoms with van der Waals surface area (Å²) in [6.07, 6.45) is 8.55. The molecule has 1 N–H and O–H groups in total. The molecule has 40 heavy (non-hydrogen) atoms. The van der Waals surface area contributed by atoms with E-state index in [0.29, 0.717) is 37.0 Å². The fourth-order valence-corrected chi connectivity index (χ4v) is 10.6. The number of fused-ring (bicyclic) bond motifs is 5. The molecule has 4 fully saturated rings. The number of ether oxygens (including phenoxy) is 1. The minimum atomic E-state index is -0.866. The van der Waals surface area contributed by atoms with Crippen LogP contribution in [0.25, 0.3) is 0 Å². The van der Waals surface area contributed by atoms with Gasteiger partial charge in [0.15, 0.2) is 5.78 Å². The summed E-state index contributed by atoms with van der Waals surface area (Å²) < 4.78 is 5.61. The predicted molar refractivity (Wildman–Crippen MR) is 150 cm³/mol. The molecule has 0 bridgehead atoms. The number of aliphatic hydroxyl groups is 1. The Morgan fingerprint density at radius 3 is 2.40 bits per heavy atom. The molecule has 3 saturated carbocycles. The number of carbonyl (C=O) groups excluding carboxylic acids is 3. The summed E-state index contributed by atoms with van der Waals surface area (Å²) in [6.45, 7) is 13.5. The largest absolute Gasteiger partial charge is 0.463 e. The maximum atomic E-state index is 13.1. The zero-order valence-corrected chi connectivity index (χ0v) is 25.6. The van der Waals surface area contributed by atoms with Gasteiger partial charge in [0.1, 0.15) is 12.4 Å². The number of Topliss-reactive ketones (excluding diaryl/α,β-unsaturated/α-hetero) is 1. The fourth-order valence-electron chi connectivity index (χ4n) is 10.6. The van der Waals surface area contributed by atoms with E-state index in [2.05, 4.69) is 13.8 Å². The summed E-state index contributed by atoms with van der Waals surface area (Å²) >= 11 is 0. The Morgan fingerprint density at radius 1 is 1.07 bits per heavy atom. The van der Waals surface area contributed by atoms with Crippen LogP contribution in [0.5, 0.6) is 0 Å². The van der Waals surface area contributed by atoms with Crippen molar-refractivity contribution in [3.05, 3.63) is 11.6 Å². The van der Waals surface area contributed by atoms with Crippen molar-refractivity contribution >= 4 is 17.5 Å². The second kappa shape index (κ2) is 10.0. The highest BCUT2D eigenvalue weighted by molar-refractivity contribution is 5.91. The average molecular weight is 557 g/mol. The Morgan fingerprint density at radius 2 is 1.77 bits per heavy atom. The van der Waals surface area contributed by atoms with Gasteiger partial charge in [0.25, 0.3) is 0 Å². The van der Waals surface area contributed by atoms with E-state index >= 15 is 0 Å². The lowest BCUT2D eigenvalue weighted by Crippen LogP contribution is -2.51. The summed E-state index contributed by atoms with van der Waals surface area (Å²) in [5.41, 5.74) is -0.175. The van der Waals surface area contributed by atoms with Gasteiger partial charge in [-0.3, -0.25) is 14.4 Å². The smallest absolute Gasteiger partial charge is 0.311 e. The number of esters is 1. The molecule has 7 nitrogen and oxygen atoms in total. The Balaban J connectivity index is 1.27. The zero-order valence-electron chi connectivity index (χ0n) is 25.6. The summed E-state index contributed by atoms with van der Waals surface area (Å²) in [5.74, 6) is 0.915. The highest BCUT2D eigenvalue weighted by atomic mass is 16.5. The summed E-state index contributed by atoms with van der Waals surface area (Å²) in [7, 11) is 0. The highest BCUT2D eigenvalue weighted by Gasteiger charge is 2.62. The van der Waals surface area contributed by atoms with Gasteiger partial charge in [-0.25, -0.2) is 0 Å². The van der Waals surface area contributed by atoms with Gasteiger partial charge in [-0.1, -0.05) is 19.4 Å². The first-order valence-corrected chi connectivity index (χ1v) is 15.6. The van der Waals surface area contributed by atoms with Crippen LogP contribution in [-0.2, 0) is 24.3 Å². The first kappa shape index (κ1) is 29.9. The third-order valence-corrected chi connectivity index (χ3v) is 12.5. The second-order valence-electron chi connectivity index (χ2n) is 15.6. The highest BCUT2D eigenvalue weighted by Crippen LogP contribution is 2.68. The molecule has 223 valence electrons. The van der Waals surface area contributed by atoms with Gasteiger partial charge in [0, 0.05) is 17.9 Å². The molecule has 0 aromatic carbocycles. The second-order valence-corrected chi connectivity index (χ2v) is 15.6. The minimum Gasteiger partial charge on any atom is -0.463 e. The molecule has 0 amide bonds. The average Bonchev–Trinajstić information content (AvgIpc) is 3.25. The quantitative estimate of drug-likeness (QED) is 0.435. The molecule has 2 unspecified atom stereocenters. The van der Waals surface area contributed by atoms with E-state index in [9.17, 15) is 24.7 Å². The molecular weight excluding hydrogens is 506 g/mol. The van der Waals surface area contributed by atoms with Crippen molar-refractivity contribution in [2.24, 2.45) is 46.3 Å². The number of ketones is 2. The van der Waals surface area contributed by atoms with Crippen LogP contribution in [0.4, 0.5) is 0 Å². The van der Waals surface area contributed by atoms with Crippen molar-refractivity contribution in [3.63, 3.8) is 0 Å². The van der Waals surface area contributed by atoms with Gasteiger partial charge in [-0.05, 0) is 127 Å². The van der Waals surface area contributed by atoms with Crippen molar-refractivity contribution in [1.82, 2.24) is 5.06 Å². The van der Waals surface area contributed by atoms with Crippen LogP contribution in [0.3, 0.4) is 0 Å². The predicted octanol–water partition coefficient (Wildman–Crippen LogP) is 5.47. The van der Waals surface area contributed by atoms with Crippen molar-refractivity contribution in [3.8, 4) is 0 Å². The molecule has 5 aliphatic rings. The van der Waals surface area contributed by atoms with Crippen LogP contribution in [0, 0.1) is 46.3 Å². The number of allylic oxidation sites excluding steroid dienone is 1. The van der Waals surface area contributed by atoms with Crippen LogP contribution in [0.15, 0.2) is 11.6 Å². The molecule has 9 atom stereocenters. The molecule has 7 heteroatoms. The van der Waals surface area contributed by atoms with Crippen LogP contribution < -0.4 is 0 Å². The molecular formula is C33H50NO6. The molecule has 1 saturated heterocycles. The van der Waals surface area contributed by atoms with Crippen LogP contribution in [0.1, 0.15) is 106 Å². The molecule has 0 aromatic rings. The first-order valence-electron chi connectivity index (χ1n) is 15.6. The van der Waals surface area contributed by atoms with E-state index in [1.54, 1.807) is 20.8 Å². The van der Waals surface area contributed by atoms with Gasteiger partial charge in [-0.15, -0.1) is 10.3 Å². The monoisotopic (exact) mass is 556 g/mol. The summed E-state index contributed by atoms with van der Waals surface area (Å²) in [5, 5.41) is 24.8. The molecule has 1 aliphatic heterocycles. The molecule has 1 heterocycles. The standard InChI is InChI=1S/C33H50NO6/c1-19(35)28-20(14-23(37)18-40-29(38)27-17-30(2,3)34(39)31(27,4)5)15-26-24-9-8-21-16-22(36)10-12-32(21,6)25(24)11-13-33(26,28)7/h16,20,23-28,37H,8-15,17-18H2,1-7H3/t20-,23?,24-,25+,26+,27?,28+,32+,33+/m1/s1. The summed E-state index contributed by atoms with van der Waals surface area (Å²) in [4.78, 5) is 38.3. The first-order chi connectivity index (χ1) is 18.5. The van der Waals surface area contributed by atoms with Crippen LogP contribution in [0.2, 0.25) is 0 Å². The van der Waals surface area contributed by atoms with Gasteiger partial charge in [-0.2, -0.15) is 0 Å². The maximum absolute atomic E-state index is 13.1. The van der Waals surface area contributed by atoms with Crippen LogP contribution >= 0.6 is 0 Å². The topological polar surface area (TPSA) is 104 Å². The van der Waals surface area contributed by atoms with Gasteiger partial charge < -0.3 is 9.84 Å². The molecule has 1 radical (unpaired) electrons. The van der Waals surface area contributed by atoms with Gasteiger partial charge in [0.2, 0.25) is 0 Å². The van der Waals surface area contributed by atoms with E-state index in [0.717, 1.165) is 43.6 Å². The number of aliphatic hydroxyl groups excluding tert-OH is 1. The zero-order chi connectivity index (χ0) is 29.4. The lowest BCUT2D eigenvalue weighted by atomic mass is 9.46. The Kier molecular flexibility index (Phi) is 7.49. The number of rotatable bonds is 6. The number of nitrogens with zero attached hydrogens (tertiary/aromatic N) is 1. The van der Waals surface area contributed by atoms with Crippen molar-refractivity contribution < 1.29 is 29.4 Å². The van der Waals surface area contributed by atoms with E-state index in [1.807, 2.05) is 19.9 Å². The number of carbonyl (C=O) groups is 3. The third-order valence-electron chi connectivity index (χ3n) is 12.5. The third kappa shape index (κ3) is 4.63. The van der Waals surface area contributed by atoms with Crippen molar-refractivity contribution in [1.29, 1.82) is 0 Å². The normalized spacial score (nSPS) is 42.8. The number of hydrogen-bond donors (Lipinski definition) is 1. The molecule has 0 spiro atoms. The van der Waals surface area contributed by atoms with Gasteiger partial charge in [0.05, 0.1) is 17.6 Å². The van der Waals surface area contributed by atoms with E-state index < -0.39 is 29.1 Å². The molecule has 5 rings (SSSR count). The fraction of sp³-hybridized carbons (Fsp3) is 0.848. The number of hydroxylamine groups is 2. The van der Waals surface area contributed by atoms with Gasteiger partial charge >= 0.3 is 5.97 Å². The Labute approximate surface area is 240 Å². The number of hydrogen-bond acceptors (Lipinski definition) is 6. The Bertz CT molecular complexity index is 1090. The van der Waals surface area contributed by atoms with E-state index in [-0.39, 0.29) is 40.8 Å². The lowest BCUT2D eigenvalue weighted by molar-refractivity contribution is -0.249. The van der Waals surface area contributed by atoms with Crippen molar-refractivity contribution in [2.45, 2.75) is 123 Å². The molecule has 4 aliphatic carbocycles. The molecule has 0 aromatic heterocycles. The van der Waals surface area contributed by atoms with Crippen LogP contribution in [-0.4, -0.2) is 51.5 Å². The maximum Gasteiger partial charge on any atom is 0.311 e. The lowest BCUT2D eigenvalue weighted by Gasteiger charge is -2.58. The van der Waals surface area contributed by atoms with E-state index in [1.165, 1.54) is 5.57 Å².